The molecule has 0 aliphatic carbocycles. The third kappa shape index (κ3) is 4.32. The van der Waals surface area contributed by atoms with Gasteiger partial charge >= 0.3 is 0 Å². The van der Waals surface area contributed by atoms with E-state index in [0.29, 0.717) is 31.0 Å². The van der Waals surface area contributed by atoms with Gasteiger partial charge in [0.2, 0.25) is 15.9 Å². The summed E-state index contributed by atoms with van der Waals surface area (Å²) in [5.74, 6) is 0.538. The zero-order chi connectivity index (χ0) is 17.3. The molecule has 0 saturated carbocycles. The number of rotatable bonds is 4. The molecule has 23 heavy (non-hydrogen) atoms. The van der Waals surface area contributed by atoms with Crippen molar-refractivity contribution in [3.05, 3.63) is 11.8 Å². The van der Waals surface area contributed by atoms with Crippen LogP contribution in [0.2, 0.25) is 0 Å². The second-order valence-electron chi connectivity index (χ2n) is 6.91. The molecule has 1 atom stereocenters. The molecule has 0 bridgehead atoms. The number of carbonyl (C=O) groups excluding carboxylic acids is 1. The van der Waals surface area contributed by atoms with Crippen molar-refractivity contribution in [2.24, 2.45) is 5.92 Å². The van der Waals surface area contributed by atoms with Gasteiger partial charge in [-0.25, -0.2) is 12.7 Å². The predicted octanol–water partition coefficient (Wildman–Crippen LogP) is 1.97. The first-order valence-corrected chi connectivity index (χ1v) is 9.50. The molecule has 1 aliphatic rings. The van der Waals surface area contributed by atoms with Gasteiger partial charge in [-0.3, -0.25) is 4.79 Å². The highest BCUT2D eigenvalue weighted by Gasteiger charge is 2.32. The van der Waals surface area contributed by atoms with Crippen molar-refractivity contribution < 1.29 is 17.7 Å². The van der Waals surface area contributed by atoms with Gasteiger partial charge in [0.1, 0.15) is 5.76 Å². The van der Waals surface area contributed by atoms with Crippen LogP contribution in [0.3, 0.4) is 0 Å². The number of carbonyl (C=O) groups is 1. The zero-order valence-corrected chi connectivity index (χ0v) is 14.9. The summed E-state index contributed by atoms with van der Waals surface area (Å²) in [5.41, 5.74) is -0.188. The first-order chi connectivity index (χ1) is 10.6. The highest BCUT2D eigenvalue weighted by Crippen LogP contribution is 2.25. The van der Waals surface area contributed by atoms with Gasteiger partial charge in [0.15, 0.2) is 5.82 Å². The van der Waals surface area contributed by atoms with Gasteiger partial charge in [-0.2, -0.15) is 0 Å². The lowest BCUT2D eigenvalue weighted by atomic mass is 9.93. The molecule has 1 aliphatic heterocycles. The van der Waals surface area contributed by atoms with Crippen molar-refractivity contribution in [3.63, 3.8) is 0 Å². The van der Waals surface area contributed by atoms with Gasteiger partial charge in [0, 0.05) is 24.6 Å². The lowest BCUT2D eigenvalue weighted by Crippen LogP contribution is -2.44. The summed E-state index contributed by atoms with van der Waals surface area (Å²) in [4.78, 5) is 12.4. The van der Waals surface area contributed by atoms with Gasteiger partial charge in [-0.05, 0) is 19.8 Å². The molecule has 130 valence electrons. The van der Waals surface area contributed by atoms with Crippen LogP contribution in [0.1, 0.15) is 46.3 Å². The minimum absolute atomic E-state index is 0.0551. The normalized spacial score (nSPS) is 20.4. The fraction of sp³-hybridized carbons (Fsp3) is 0.733. The number of nitrogens with zero attached hydrogens (tertiary/aromatic N) is 2. The largest absolute Gasteiger partial charge is 0.359 e. The summed E-state index contributed by atoms with van der Waals surface area (Å²) in [5, 5.41) is 6.59. The van der Waals surface area contributed by atoms with E-state index in [9.17, 15) is 13.2 Å². The Balaban J connectivity index is 2.02. The van der Waals surface area contributed by atoms with E-state index in [-0.39, 0.29) is 29.5 Å². The summed E-state index contributed by atoms with van der Waals surface area (Å²) >= 11 is 0. The van der Waals surface area contributed by atoms with Crippen LogP contribution in [0.25, 0.3) is 0 Å². The molecule has 0 spiro atoms. The van der Waals surface area contributed by atoms with Crippen LogP contribution in [0, 0.1) is 5.92 Å². The fourth-order valence-electron chi connectivity index (χ4n) is 2.51. The first kappa shape index (κ1) is 17.9. The molecule has 0 radical (unpaired) electrons. The Hall–Kier alpha value is -1.41. The molecule has 1 aromatic heterocycles. The molecule has 0 unspecified atom stereocenters. The lowest BCUT2D eigenvalue weighted by Gasteiger charge is -2.30. The van der Waals surface area contributed by atoms with Gasteiger partial charge in [-0.15, -0.1) is 0 Å². The van der Waals surface area contributed by atoms with Crippen molar-refractivity contribution >= 4 is 21.7 Å². The first-order valence-electron chi connectivity index (χ1n) is 7.89. The Morgan fingerprint density at radius 1 is 1.48 bits per heavy atom. The quantitative estimate of drug-likeness (QED) is 0.902. The molecule has 1 fully saturated rings. The second-order valence-corrected chi connectivity index (χ2v) is 9.17. The maximum atomic E-state index is 12.4. The van der Waals surface area contributed by atoms with Crippen molar-refractivity contribution in [1.29, 1.82) is 0 Å². The van der Waals surface area contributed by atoms with Crippen LogP contribution >= 0.6 is 0 Å². The number of aromatic nitrogens is 1. The molecule has 1 aromatic rings. The van der Waals surface area contributed by atoms with E-state index >= 15 is 0 Å². The monoisotopic (exact) mass is 343 g/mol. The van der Waals surface area contributed by atoms with Crippen molar-refractivity contribution in [2.45, 2.75) is 46.0 Å². The molecule has 1 saturated heterocycles. The Morgan fingerprint density at radius 2 is 2.17 bits per heavy atom. The standard InChI is InChI=1S/C15H25N3O4S/c1-5-23(20,21)18-8-6-7-11(10-18)14(19)16-13-9-12(22-17-13)15(2,3)4/h9,11H,5-8,10H2,1-4H3,(H,16,17,19)/t11-/m0/s1. The van der Waals surface area contributed by atoms with Crippen LogP contribution in [0.4, 0.5) is 5.82 Å². The molecule has 1 amide bonds. The van der Waals surface area contributed by atoms with E-state index in [1.807, 2.05) is 20.8 Å². The van der Waals surface area contributed by atoms with Gasteiger partial charge in [0.05, 0.1) is 11.7 Å². The number of anilines is 1. The van der Waals surface area contributed by atoms with Crippen molar-refractivity contribution in [3.8, 4) is 0 Å². The minimum Gasteiger partial charge on any atom is -0.359 e. The molecule has 2 rings (SSSR count). The molecular formula is C15H25N3O4S. The molecule has 1 N–H and O–H groups in total. The van der Waals surface area contributed by atoms with Gasteiger partial charge in [-0.1, -0.05) is 25.9 Å². The fourth-order valence-corrected chi connectivity index (χ4v) is 3.69. The number of amides is 1. The SMILES string of the molecule is CCS(=O)(=O)N1CCC[C@H](C(=O)Nc2cc(C(C)(C)C)on2)C1. The highest BCUT2D eigenvalue weighted by atomic mass is 32.2. The topological polar surface area (TPSA) is 92.5 Å². The third-order valence-electron chi connectivity index (χ3n) is 4.01. The summed E-state index contributed by atoms with van der Waals surface area (Å²) in [6.07, 6.45) is 1.36. The summed E-state index contributed by atoms with van der Waals surface area (Å²) in [6.45, 7) is 8.31. The Morgan fingerprint density at radius 3 is 2.74 bits per heavy atom. The Bertz CT molecular complexity index is 661. The average Bonchev–Trinajstić information content (AvgIpc) is 2.96. The molecule has 0 aromatic carbocycles. The molecule has 2 heterocycles. The summed E-state index contributed by atoms with van der Waals surface area (Å²) in [6, 6.07) is 1.71. The van der Waals surface area contributed by atoms with Gasteiger partial charge in [0.25, 0.3) is 0 Å². The van der Waals surface area contributed by atoms with E-state index in [0.717, 1.165) is 0 Å². The zero-order valence-electron chi connectivity index (χ0n) is 14.1. The average molecular weight is 343 g/mol. The van der Waals surface area contributed by atoms with Crippen LogP contribution in [0.5, 0.6) is 0 Å². The second kappa shape index (κ2) is 6.60. The summed E-state index contributed by atoms with van der Waals surface area (Å²) < 4.78 is 30.6. The van der Waals surface area contributed by atoms with Crippen LogP contribution < -0.4 is 5.32 Å². The summed E-state index contributed by atoms with van der Waals surface area (Å²) in [7, 11) is -3.26. The van der Waals surface area contributed by atoms with Crippen LogP contribution in [-0.4, -0.2) is 42.6 Å². The molecular weight excluding hydrogens is 318 g/mol. The maximum absolute atomic E-state index is 12.4. The lowest BCUT2D eigenvalue weighted by molar-refractivity contribution is -0.120. The number of sulfonamides is 1. The maximum Gasteiger partial charge on any atom is 0.230 e. The number of nitrogens with one attached hydrogen (secondary N) is 1. The smallest absolute Gasteiger partial charge is 0.230 e. The van der Waals surface area contributed by atoms with Crippen molar-refractivity contribution in [2.75, 3.05) is 24.2 Å². The third-order valence-corrected chi connectivity index (χ3v) is 5.86. The van der Waals surface area contributed by atoms with Crippen molar-refractivity contribution in [1.82, 2.24) is 9.46 Å². The number of hydrogen-bond acceptors (Lipinski definition) is 5. The van der Waals surface area contributed by atoms with E-state index in [2.05, 4.69) is 10.5 Å². The number of hydrogen-bond donors (Lipinski definition) is 1. The van der Waals surface area contributed by atoms with E-state index in [1.54, 1.807) is 13.0 Å². The minimum atomic E-state index is -3.26. The Kier molecular flexibility index (Phi) is 5.15. The predicted molar refractivity (Wildman–Crippen MR) is 87.6 cm³/mol. The van der Waals surface area contributed by atoms with E-state index in [1.165, 1.54) is 4.31 Å². The van der Waals surface area contributed by atoms with Crippen LogP contribution in [-0.2, 0) is 20.2 Å². The molecule has 7 nitrogen and oxygen atoms in total. The van der Waals surface area contributed by atoms with Crippen LogP contribution in [0.15, 0.2) is 10.6 Å². The van der Waals surface area contributed by atoms with Gasteiger partial charge < -0.3 is 9.84 Å². The Labute approximate surface area is 137 Å². The van der Waals surface area contributed by atoms with E-state index in [4.69, 9.17) is 4.52 Å². The van der Waals surface area contributed by atoms with E-state index < -0.39 is 10.0 Å². The molecule has 8 heteroatoms. The highest BCUT2D eigenvalue weighted by molar-refractivity contribution is 7.89. The number of piperidine rings is 1.